The maximum absolute atomic E-state index is 13.6. The van der Waals surface area contributed by atoms with E-state index in [9.17, 15) is 9.18 Å². The standard InChI is InChI=1S/C20H25FN2O2/c21-17-3-1-2-4-18(17)25-16-11-23(12-16)19(24)22-20-8-13-5-14(9-20)7-15(6-13)10-20/h1-4,13-16H,5-12H2,(H,22,24). The summed E-state index contributed by atoms with van der Waals surface area (Å²) < 4.78 is 19.3. The summed E-state index contributed by atoms with van der Waals surface area (Å²) in [5.41, 5.74) is 0.0450. The Morgan fingerprint density at radius 3 is 2.28 bits per heavy atom. The average Bonchev–Trinajstić information content (AvgIpc) is 2.50. The largest absolute Gasteiger partial charge is 0.484 e. The second-order valence-electron chi connectivity index (χ2n) is 8.70. The number of ether oxygens (including phenoxy) is 1. The van der Waals surface area contributed by atoms with Crippen molar-refractivity contribution >= 4 is 6.03 Å². The average molecular weight is 344 g/mol. The van der Waals surface area contributed by atoms with Crippen molar-refractivity contribution < 1.29 is 13.9 Å². The number of nitrogens with one attached hydrogen (secondary N) is 1. The van der Waals surface area contributed by atoms with Gasteiger partial charge in [0, 0.05) is 5.54 Å². The number of amides is 2. The minimum absolute atomic E-state index is 0.0373. The zero-order valence-electron chi connectivity index (χ0n) is 14.4. The summed E-state index contributed by atoms with van der Waals surface area (Å²) in [6.45, 7) is 1.07. The normalized spacial score (nSPS) is 36.2. The number of carbonyl (C=O) groups excluding carboxylic acids is 1. The Morgan fingerprint density at radius 2 is 1.68 bits per heavy atom. The third kappa shape index (κ3) is 2.77. The number of nitrogens with zero attached hydrogens (tertiary/aromatic N) is 1. The molecule has 134 valence electrons. The molecule has 4 bridgehead atoms. The smallest absolute Gasteiger partial charge is 0.318 e. The quantitative estimate of drug-likeness (QED) is 0.911. The number of para-hydroxylation sites is 1. The predicted octanol–water partition coefficient (Wildman–Crippen LogP) is 3.57. The number of halogens is 1. The van der Waals surface area contributed by atoms with Gasteiger partial charge in [-0.25, -0.2) is 9.18 Å². The van der Waals surface area contributed by atoms with E-state index in [1.54, 1.807) is 23.1 Å². The number of urea groups is 1. The van der Waals surface area contributed by atoms with Gasteiger partial charge in [0.2, 0.25) is 0 Å². The lowest BCUT2D eigenvalue weighted by atomic mass is 9.53. The Balaban J connectivity index is 1.17. The van der Waals surface area contributed by atoms with Crippen molar-refractivity contribution in [3.63, 3.8) is 0 Å². The van der Waals surface area contributed by atoms with Crippen molar-refractivity contribution in [3.05, 3.63) is 30.1 Å². The van der Waals surface area contributed by atoms with Gasteiger partial charge in [-0.1, -0.05) is 12.1 Å². The highest BCUT2D eigenvalue weighted by molar-refractivity contribution is 5.76. The van der Waals surface area contributed by atoms with E-state index in [1.807, 2.05) is 0 Å². The molecule has 0 atom stereocenters. The monoisotopic (exact) mass is 344 g/mol. The van der Waals surface area contributed by atoms with Crippen molar-refractivity contribution in [1.29, 1.82) is 0 Å². The molecule has 1 aromatic rings. The summed E-state index contributed by atoms with van der Waals surface area (Å²) in [7, 11) is 0. The maximum atomic E-state index is 13.6. The summed E-state index contributed by atoms with van der Waals surface area (Å²) in [5.74, 6) is 2.38. The third-order valence-electron chi connectivity index (χ3n) is 6.68. The highest BCUT2D eigenvalue weighted by Gasteiger charge is 2.52. The molecule has 0 radical (unpaired) electrons. The van der Waals surface area contributed by atoms with Crippen LogP contribution in [0.5, 0.6) is 5.75 Å². The van der Waals surface area contributed by atoms with Crippen LogP contribution in [-0.2, 0) is 0 Å². The molecule has 4 saturated carbocycles. The van der Waals surface area contributed by atoms with Gasteiger partial charge < -0.3 is 15.0 Å². The molecule has 4 nitrogen and oxygen atoms in total. The highest BCUT2D eigenvalue weighted by Crippen LogP contribution is 2.55. The van der Waals surface area contributed by atoms with Gasteiger partial charge in [-0.2, -0.15) is 0 Å². The van der Waals surface area contributed by atoms with Crippen LogP contribution in [0, 0.1) is 23.6 Å². The molecule has 4 aliphatic carbocycles. The fourth-order valence-electron chi connectivity index (χ4n) is 5.97. The molecule has 0 unspecified atom stereocenters. The highest BCUT2D eigenvalue weighted by atomic mass is 19.1. The summed E-state index contributed by atoms with van der Waals surface area (Å²) >= 11 is 0. The minimum Gasteiger partial charge on any atom is -0.484 e. The van der Waals surface area contributed by atoms with Gasteiger partial charge >= 0.3 is 6.03 Å². The Kier molecular flexibility index (Phi) is 3.47. The molecule has 25 heavy (non-hydrogen) atoms. The summed E-state index contributed by atoms with van der Waals surface area (Å²) in [4.78, 5) is 14.5. The van der Waals surface area contributed by atoms with E-state index < -0.39 is 0 Å². The van der Waals surface area contributed by atoms with E-state index >= 15 is 0 Å². The molecule has 0 aromatic heterocycles. The fraction of sp³-hybridized carbons (Fsp3) is 0.650. The molecule has 1 heterocycles. The van der Waals surface area contributed by atoms with Crippen LogP contribution >= 0.6 is 0 Å². The van der Waals surface area contributed by atoms with Gasteiger partial charge in [-0.3, -0.25) is 0 Å². The van der Waals surface area contributed by atoms with Gasteiger partial charge in [0.15, 0.2) is 11.6 Å². The molecular formula is C20H25FN2O2. The second kappa shape index (κ2) is 5.61. The first-order valence-electron chi connectivity index (χ1n) is 9.57. The molecule has 0 spiro atoms. The summed E-state index contributed by atoms with van der Waals surface area (Å²) in [6.07, 6.45) is 7.49. The number of benzene rings is 1. The number of rotatable bonds is 3. The lowest BCUT2D eigenvalue weighted by Gasteiger charge is -2.57. The van der Waals surface area contributed by atoms with Gasteiger partial charge in [0.25, 0.3) is 0 Å². The summed E-state index contributed by atoms with van der Waals surface area (Å²) in [6, 6.07) is 6.47. The van der Waals surface area contributed by atoms with Crippen molar-refractivity contribution in [2.75, 3.05) is 13.1 Å². The molecule has 1 saturated heterocycles. The first kappa shape index (κ1) is 15.5. The van der Waals surface area contributed by atoms with Crippen LogP contribution in [0.2, 0.25) is 0 Å². The van der Waals surface area contributed by atoms with E-state index in [1.165, 1.54) is 25.3 Å². The van der Waals surface area contributed by atoms with Gasteiger partial charge in [0.1, 0.15) is 6.10 Å². The Labute approximate surface area is 147 Å². The minimum atomic E-state index is -0.348. The van der Waals surface area contributed by atoms with Crippen LogP contribution < -0.4 is 10.1 Å². The first-order valence-corrected chi connectivity index (χ1v) is 9.57. The lowest BCUT2D eigenvalue weighted by molar-refractivity contribution is -0.0215. The predicted molar refractivity (Wildman–Crippen MR) is 91.8 cm³/mol. The fourth-order valence-corrected chi connectivity index (χ4v) is 5.97. The van der Waals surface area contributed by atoms with Crippen LogP contribution in [0.3, 0.4) is 0 Å². The van der Waals surface area contributed by atoms with E-state index in [4.69, 9.17) is 4.74 Å². The summed E-state index contributed by atoms with van der Waals surface area (Å²) in [5, 5.41) is 3.38. The van der Waals surface area contributed by atoms with Crippen molar-refractivity contribution in [3.8, 4) is 5.75 Å². The number of carbonyl (C=O) groups is 1. The van der Waals surface area contributed by atoms with Crippen molar-refractivity contribution in [1.82, 2.24) is 10.2 Å². The number of hydrogen-bond donors (Lipinski definition) is 1. The molecule has 1 aromatic carbocycles. The Hall–Kier alpha value is -1.78. The zero-order chi connectivity index (χ0) is 17.0. The van der Waals surface area contributed by atoms with E-state index in [0.717, 1.165) is 37.0 Å². The van der Waals surface area contributed by atoms with Gasteiger partial charge in [-0.05, 0) is 68.4 Å². The number of likely N-dealkylation sites (tertiary alicyclic amines) is 1. The molecule has 5 aliphatic rings. The molecule has 5 fully saturated rings. The van der Waals surface area contributed by atoms with Gasteiger partial charge in [-0.15, -0.1) is 0 Å². The SMILES string of the molecule is O=C(NC12CC3CC(CC(C3)C1)C2)N1CC(Oc2ccccc2F)C1. The molecule has 2 amide bonds. The first-order chi connectivity index (χ1) is 12.1. The molecule has 6 rings (SSSR count). The van der Waals surface area contributed by atoms with Crippen molar-refractivity contribution in [2.45, 2.75) is 50.2 Å². The maximum Gasteiger partial charge on any atom is 0.318 e. The Morgan fingerprint density at radius 1 is 1.08 bits per heavy atom. The molecule has 1 aliphatic heterocycles. The van der Waals surface area contributed by atoms with Crippen LogP contribution in [0.25, 0.3) is 0 Å². The van der Waals surface area contributed by atoms with Crippen LogP contribution in [0.1, 0.15) is 38.5 Å². The zero-order valence-corrected chi connectivity index (χ0v) is 14.4. The van der Waals surface area contributed by atoms with Crippen LogP contribution in [0.4, 0.5) is 9.18 Å². The molecule has 1 N–H and O–H groups in total. The molecular weight excluding hydrogens is 319 g/mol. The van der Waals surface area contributed by atoms with Crippen LogP contribution in [-0.4, -0.2) is 35.7 Å². The third-order valence-corrected chi connectivity index (χ3v) is 6.68. The topological polar surface area (TPSA) is 41.6 Å². The Bertz CT molecular complexity index is 651. The van der Waals surface area contributed by atoms with E-state index in [2.05, 4.69) is 5.32 Å². The van der Waals surface area contributed by atoms with Crippen LogP contribution in [0.15, 0.2) is 24.3 Å². The van der Waals surface area contributed by atoms with E-state index in [-0.39, 0.29) is 29.2 Å². The van der Waals surface area contributed by atoms with Gasteiger partial charge in [0.05, 0.1) is 13.1 Å². The lowest BCUT2D eigenvalue weighted by Crippen LogP contribution is -2.66. The molecule has 5 heteroatoms. The second-order valence-corrected chi connectivity index (χ2v) is 8.70. The van der Waals surface area contributed by atoms with E-state index in [0.29, 0.717) is 13.1 Å². The number of hydrogen-bond acceptors (Lipinski definition) is 2. The van der Waals surface area contributed by atoms with Crippen molar-refractivity contribution in [2.24, 2.45) is 17.8 Å².